The zero-order valence-corrected chi connectivity index (χ0v) is 18.3. The highest BCUT2D eigenvalue weighted by Gasteiger charge is 2.16. The van der Waals surface area contributed by atoms with Crippen LogP contribution in [-0.4, -0.2) is 43.1 Å². The van der Waals surface area contributed by atoms with Crippen LogP contribution in [0.3, 0.4) is 0 Å². The Balaban J connectivity index is 1.58. The first-order chi connectivity index (χ1) is 15.9. The van der Waals surface area contributed by atoms with Gasteiger partial charge in [0.05, 0.1) is 32.4 Å². The highest BCUT2D eigenvalue weighted by Crippen LogP contribution is 2.40. The van der Waals surface area contributed by atoms with E-state index in [2.05, 4.69) is 15.3 Å². The van der Waals surface area contributed by atoms with Crippen LogP contribution in [0.5, 0.6) is 17.2 Å². The number of H-pyrrole nitrogens is 1. The summed E-state index contributed by atoms with van der Waals surface area (Å²) in [6.07, 6.45) is 0. The number of imidazole rings is 1. The highest BCUT2D eigenvalue weighted by molar-refractivity contribution is 6.05. The highest BCUT2D eigenvalue weighted by atomic mass is 16.5. The van der Waals surface area contributed by atoms with Crippen molar-refractivity contribution in [3.63, 3.8) is 0 Å². The number of methoxy groups -OCH3 is 3. The van der Waals surface area contributed by atoms with Crippen LogP contribution in [0.25, 0.3) is 22.4 Å². The molecule has 0 fully saturated rings. The molecule has 9 heteroatoms. The number of carbonyl (C=O) groups is 2. The van der Waals surface area contributed by atoms with Crippen molar-refractivity contribution in [3.05, 3.63) is 65.7 Å². The number of hydrogen-bond acceptors (Lipinski definition) is 6. The number of aromatic amines is 1. The molecule has 0 aliphatic rings. The predicted octanol–water partition coefficient (Wildman–Crippen LogP) is 3.61. The van der Waals surface area contributed by atoms with Crippen LogP contribution in [0.1, 0.15) is 20.7 Å². The number of carbonyl (C=O) groups excluding carboxylic acids is 2. The molecule has 4 N–H and O–H groups in total. The van der Waals surface area contributed by atoms with Crippen LogP contribution in [0.15, 0.2) is 54.6 Å². The third-order valence-electron chi connectivity index (χ3n) is 5.12. The summed E-state index contributed by atoms with van der Waals surface area (Å²) in [6, 6.07) is 15.4. The number of ether oxygens (including phenoxy) is 3. The van der Waals surface area contributed by atoms with Crippen molar-refractivity contribution in [2.24, 2.45) is 5.73 Å². The molecule has 4 aromatic rings. The Morgan fingerprint density at radius 2 is 1.61 bits per heavy atom. The fraction of sp³-hybridized carbons (Fsp3) is 0.125. The molecule has 0 atom stereocenters. The molecule has 0 radical (unpaired) electrons. The number of para-hydroxylation sites is 1. The largest absolute Gasteiger partial charge is 0.493 e. The summed E-state index contributed by atoms with van der Waals surface area (Å²) in [5.41, 5.74) is 8.68. The minimum atomic E-state index is -0.544. The van der Waals surface area contributed by atoms with Gasteiger partial charge in [-0.25, -0.2) is 4.98 Å². The third kappa shape index (κ3) is 4.16. The maximum atomic E-state index is 12.8. The molecule has 2 amide bonds. The lowest BCUT2D eigenvalue weighted by molar-refractivity contribution is 0.0998. The van der Waals surface area contributed by atoms with E-state index in [9.17, 15) is 9.59 Å². The maximum Gasteiger partial charge on any atom is 0.255 e. The zero-order chi connectivity index (χ0) is 23.5. The van der Waals surface area contributed by atoms with E-state index in [1.165, 1.54) is 21.3 Å². The Morgan fingerprint density at radius 1 is 0.939 bits per heavy atom. The van der Waals surface area contributed by atoms with Gasteiger partial charge in [-0.15, -0.1) is 0 Å². The van der Waals surface area contributed by atoms with E-state index in [1.54, 1.807) is 48.5 Å². The molecule has 1 aromatic heterocycles. The lowest BCUT2D eigenvalue weighted by Crippen LogP contribution is -2.12. The van der Waals surface area contributed by atoms with Gasteiger partial charge in [-0.2, -0.15) is 0 Å². The molecule has 4 rings (SSSR count). The number of nitrogens with zero attached hydrogens (tertiary/aromatic N) is 1. The second-order valence-electron chi connectivity index (χ2n) is 7.10. The lowest BCUT2D eigenvalue weighted by Gasteiger charge is -2.14. The third-order valence-corrected chi connectivity index (χ3v) is 5.12. The molecule has 1 heterocycles. The fourth-order valence-electron chi connectivity index (χ4n) is 3.50. The SMILES string of the molecule is COc1cc(NC(=O)c2ccc(-c3nc4c(C(N)=O)cccc4[nH]3)cc2)cc(OC)c1OC. The number of aromatic nitrogens is 2. The first-order valence-electron chi connectivity index (χ1n) is 9.95. The van der Waals surface area contributed by atoms with Gasteiger partial charge in [0.25, 0.3) is 11.8 Å². The van der Waals surface area contributed by atoms with Gasteiger partial charge in [0.15, 0.2) is 11.5 Å². The van der Waals surface area contributed by atoms with Gasteiger partial charge in [-0.05, 0) is 24.3 Å². The monoisotopic (exact) mass is 446 g/mol. The van der Waals surface area contributed by atoms with Crippen molar-refractivity contribution in [3.8, 4) is 28.6 Å². The Morgan fingerprint density at radius 3 is 2.18 bits per heavy atom. The summed E-state index contributed by atoms with van der Waals surface area (Å²) < 4.78 is 16.0. The zero-order valence-electron chi connectivity index (χ0n) is 18.3. The molecule has 33 heavy (non-hydrogen) atoms. The molecular formula is C24H22N4O5. The summed E-state index contributed by atoms with van der Waals surface area (Å²) in [7, 11) is 4.52. The van der Waals surface area contributed by atoms with Crippen LogP contribution in [0.4, 0.5) is 5.69 Å². The first-order valence-corrected chi connectivity index (χ1v) is 9.95. The number of primary amides is 1. The average Bonchev–Trinajstić information content (AvgIpc) is 3.27. The van der Waals surface area contributed by atoms with Gasteiger partial charge in [0, 0.05) is 28.9 Å². The summed E-state index contributed by atoms with van der Waals surface area (Å²) in [6.45, 7) is 0. The Labute approximate surface area is 189 Å². The predicted molar refractivity (Wildman–Crippen MR) is 124 cm³/mol. The second-order valence-corrected chi connectivity index (χ2v) is 7.10. The summed E-state index contributed by atoms with van der Waals surface area (Å²) in [5.74, 6) is 1.02. The molecule has 0 spiro atoms. The summed E-state index contributed by atoms with van der Waals surface area (Å²) in [4.78, 5) is 32.1. The smallest absolute Gasteiger partial charge is 0.255 e. The number of rotatable bonds is 7. The van der Waals surface area contributed by atoms with Crippen molar-refractivity contribution in [2.75, 3.05) is 26.6 Å². The van der Waals surface area contributed by atoms with Crippen molar-refractivity contribution in [1.82, 2.24) is 9.97 Å². The van der Waals surface area contributed by atoms with Crippen LogP contribution in [-0.2, 0) is 0 Å². The standard InChI is InChI=1S/C24H22N4O5/c1-31-18-11-15(12-19(32-2)21(18)33-3)26-24(30)14-9-7-13(8-10-14)23-27-17-6-4-5-16(22(25)29)20(17)28-23/h4-12H,1-3H3,(H2,25,29)(H,26,30)(H,27,28). The molecule has 0 bridgehead atoms. The molecule has 9 nitrogen and oxygen atoms in total. The number of fused-ring (bicyclic) bond motifs is 1. The van der Waals surface area contributed by atoms with Crippen LogP contribution < -0.4 is 25.3 Å². The number of anilines is 1. The maximum absolute atomic E-state index is 12.8. The minimum Gasteiger partial charge on any atom is -0.493 e. The average molecular weight is 446 g/mol. The molecule has 0 aliphatic carbocycles. The molecule has 168 valence electrons. The van der Waals surface area contributed by atoms with E-state index >= 15 is 0 Å². The number of amides is 2. The van der Waals surface area contributed by atoms with E-state index < -0.39 is 5.91 Å². The number of nitrogens with one attached hydrogen (secondary N) is 2. The van der Waals surface area contributed by atoms with Crippen LogP contribution >= 0.6 is 0 Å². The van der Waals surface area contributed by atoms with Crippen molar-refractivity contribution in [2.45, 2.75) is 0 Å². The lowest BCUT2D eigenvalue weighted by atomic mass is 10.1. The van der Waals surface area contributed by atoms with Crippen molar-refractivity contribution < 1.29 is 23.8 Å². The number of hydrogen-bond donors (Lipinski definition) is 3. The van der Waals surface area contributed by atoms with Crippen molar-refractivity contribution in [1.29, 1.82) is 0 Å². The topological polar surface area (TPSA) is 129 Å². The fourth-order valence-corrected chi connectivity index (χ4v) is 3.50. The van der Waals surface area contributed by atoms with Gasteiger partial charge < -0.3 is 30.2 Å². The van der Waals surface area contributed by atoms with E-state index in [0.717, 1.165) is 5.56 Å². The molecule has 0 aliphatic heterocycles. The molecular weight excluding hydrogens is 424 g/mol. The van der Waals surface area contributed by atoms with Gasteiger partial charge in [0.2, 0.25) is 5.75 Å². The molecule has 0 saturated heterocycles. The van der Waals surface area contributed by atoms with E-state index in [1.807, 2.05) is 6.07 Å². The quantitative estimate of drug-likeness (QED) is 0.398. The minimum absolute atomic E-state index is 0.309. The normalized spacial score (nSPS) is 10.6. The molecule has 0 saturated carbocycles. The van der Waals surface area contributed by atoms with E-state index in [-0.39, 0.29) is 5.91 Å². The second kappa shape index (κ2) is 8.91. The first kappa shape index (κ1) is 21.7. The van der Waals surface area contributed by atoms with Crippen LogP contribution in [0, 0.1) is 0 Å². The van der Waals surface area contributed by atoms with Crippen molar-refractivity contribution >= 4 is 28.5 Å². The number of nitrogens with two attached hydrogens (primary N) is 1. The number of benzene rings is 3. The van der Waals surface area contributed by atoms with E-state index in [0.29, 0.717) is 50.9 Å². The summed E-state index contributed by atoms with van der Waals surface area (Å²) in [5, 5.41) is 2.83. The van der Waals surface area contributed by atoms with Gasteiger partial charge >= 0.3 is 0 Å². The molecule has 3 aromatic carbocycles. The molecule has 0 unspecified atom stereocenters. The van der Waals surface area contributed by atoms with Gasteiger partial charge in [-0.1, -0.05) is 18.2 Å². The summed E-state index contributed by atoms with van der Waals surface area (Å²) >= 11 is 0. The van der Waals surface area contributed by atoms with E-state index in [4.69, 9.17) is 19.9 Å². The Hall–Kier alpha value is -4.53. The van der Waals surface area contributed by atoms with Crippen LogP contribution in [0.2, 0.25) is 0 Å². The Kier molecular flexibility index (Phi) is 5.86. The van der Waals surface area contributed by atoms with Gasteiger partial charge in [0.1, 0.15) is 11.3 Å². The Bertz CT molecular complexity index is 1320. The van der Waals surface area contributed by atoms with Gasteiger partial charge in [-0.3, -0.25) is 9.59 Å².